The van der Waals surface area contributed by atoms with Crippen LogP contribution in [-0.4, -0.2) is 31.1 Å². The number of rotatable bonds is 3. The van der Waals surface area contributed by atoms with E-state index in [1.807, 2.05) is 0 Å². The summed E-state index contributed by atoms with van der Waals surface area (Å²) >= 11 is 0. The molecule has 0 heterocycles. The van der Waals surface area contributed by atoms with E-state index in [1.54, 1.807) is 7.11 Å². The maximum Gasteiger partial charge on any atom is 0.309 e. The second-order valence-electron chi connectivity index (χ2n) is 5.40. The molecule has 0 unspecified atom stereocenters. The zero-order valence-electron chi connectivity index (χ0n) is 11.0. The molecule has 2 fully saturated rings. The van der Waals surface area contributed by atoms with Gasteiger partial charge in [-0.15, -0.1) is 0 Å². The van der Waals surface area contributed by atoms with E-state index in [1.165, 1.54) is 0 Å². The minimum Gasteiger partial charge on any atom is -0.462 e. The fourth-order valence-electron chi connectivity index (χ4n) is 2.86. The highest BCUT2D eigenvalue weighted by atomic mass is 16.5. The van der Waals surface area contributed by atoms with Crippen LogP contribution in [0.1, 0.15) is 51.4 Å². The largest absolute Gasteiger partial charge is 0.462 e. The number of esters is 1. The van der Waals surface area contributed by atoms with Crippen molar-refractivity contribution < 1.29 is 19.1 Å². The first-order valence-electron chi connectivity index (χ1n) is 6.94. The molecule has 2 saturated carbocycles. The molecule has 0 aromatic heterocycles. The lowest BCUT2D eigenvalue weighted by molar-refractivity contribution is -0.159. The van der Waals surface area contributed by atoms with Crippen LogP contribution in [0.4, 0.5) is 0 Å². The molecule has 18 heavy (non-hydrogen) atoms. The molecule has 0 spiro atoms. The number of carbonyl (C=O) groups excluding carboxylic acids is 2. The Morgan fingerprint density at radius 1 is 1.11 bits per heavy atom. The quantitative estimate of drug-likeness (QED) is 0.725. The topological polar surface area (TPSA) is 52.6 Å². The molecule has 0 radical (unpaired) electrons. The van der Waals surface area contributed by atoms with Gasteiger partial charge < -0.3 is 9.47 Å². The minimum atomic E-state index is -0.107. The van der Waals surface area contributed by atoms with Gasteiger partial charge in [-0.2, -0.15) is 0 Å². The Hall–Kier alpha value is -0.900. The average Bonchev–Trinajstić information content (AvgIpc) is 2.39. The van der Waals surface area contributed by atoms with Crippen molar-refractivity contribution in [3.05, 3.63) is 0 Å². The maximum atomic E-state index is 12.0. The summed E-state index contributed by atoms with van der Waals surface area (Å²) in [6.45, 7) is 0. The van der Waals surface area contributed by atoms with Crippen molar-refractivity contribution in [2.24, 2.45) is 5.92 Å². The summed E-state index contributed by atoms with van der Waals surface area (Å²) in [5, 5.41) is 0. The van der Waals surface area contributed by atoms with Gasteiger partial charge in [0.2, 0.25) is 0 Å². The van der Waals surface area contributed by atoms with Crippen molar-refractivity contribution >= 4 is 11.8 Å². The van der Waals surface area contributed by atoms with Crippen LogP contribution in [0.25, 0.3) is 0 Å². The molecule has 2 atom stereocenters. The lowest BCUT2D eigenvalue weighted by Crippen LogP contribution is -2.32. The highest BCUT2D eigenvalue weighted by Crippen LogP contribution is 2.27. The molecule has 0 aromatic carbocycles. The summed E-state index contributed by atoms with van der Waals surface area (Å²) in [6.07, 6.45) is 6.50. The van der Waals surface area contributed by atoms with Gasteiger partial charge in [0.05, 0.1) is 12.0 Å². The zero-order valence-corrected chi connectivity index (χ0v) is 11.0. The predicted octanol–water partition coefficient (Wildman–Crippen LogP) is 2.25. The monoisotopic (exact) mass is 254 g/mol. The third-order valence-corrected chi connectivity index (χ3v) is 4.07. The Bertz CT molecular complexity index is 303. The van der Waals surface area contributed by atoms with Crippen LogP contribution < -0.4 is 0 Å². The Kier molecular flexibility index (Phi) is 4.75. The fraction of sp³-hybridized carbons (Fsp3) is 0.857. The zero-order chi connectivity index (χ0) is 13.0. The Balaban J connectivity index is 1.78. The highest BCUT2D eigenvalue weighted by molar-refractivity contribution is 5.82. The standard InChI is InChI=1S/C14H22O4/c1-17-12-3-2-4-13(9-12)18-14(16)10-5-7-11(15)8-6-10/h10,12-13H,2-9H2,1H3/t12-,13-/m1/s1. The molecule has 0 amide bonds. The van der Waals surface area contributed by atoms with E-state index < -0.39 is 0 Å². The number of ketones is 1. The third-order valence-electron chi connectivity index (χ3n) is 4.07. The van der Waals surface area contributed by atoms with Crippen molar-refractivity contribution in [1.29, 1.82) is 0 Å². The van der Waals surface area contributed by atoms with Gasteiger partial charge in [-0.05, 0) is 32.1 Å². The molecule has 2 aliphatic rings. The van der Waals surface area contributed by atoms with Crippen LogP contribution in [-0.2, 0) is 19.1 Å². The van der Waals surface area contributed by atoms with Crippen LogP contribution in [0.2, 0.25) is 0 Å². The van der Waals surface area contributed by atoms with E-state index in [0.29, 0.717) is 25.7 Å². The van der Waals surface area contributed by atoms with Crippen LogP contribution >= 0.6 is 0 Å². The third kappa shape index (κ3) is 3.55. The van der Waals surface area contributed by atoms with E-state index >= 15 is 0 Å². The molecule has 0 aromatic rings. The Labute approximate surface area is 108 Å². The van der Waals surface area contributed by atoms with Gasteiger partial charge in [0, 0.05) is 26.4 Å². The molecule has 2 aliphatic carbocycles. The van der Waals surface area contributed by atoms with E-state index in [9.17, 15) is 9.59 Å². The van der Waals surface area contributed by atoms with E-state index in [0.717, 1.165) is 25.7 Å². The van der Waals surface area contributed by atoms with Crippen LogP contribution in [0.15, 0.2) is 0 Å². The normalized spacial score (nSPS) is 30.2. The Morgan fingerprint density at radius 3 is 2.44 bits per heavy atom. The number of hydrogen-bond acceptors (Lipinski definition) is 4. The SMILES string of the molecule is CO[C@@H]1CCC[C@@H](OC(=O)C2CCC(=O)CC2)C1. The van der Waals surface area contributed by atoms with Crippen molar-refractivity contribution in [3.63, 3.8) is 0 Å². The highest BCUT2D eigenvalue weighted by Gasteiger charge is 2.30. The second kappa shape index (κ2) is 6.32. The number of carbonyl (C=O) groups is 2. The molecule has 102 valence electrons. The van der Waals surface area contributed by atoms with Crippen molar-refractivity contribution in [2.45, 2.75) is 63.6 Å². The molecule has 4 heteroatoms. The van der Waals surface area contributed by atoms with Crippen LogP contribution in [0.3, 0.4) is 0 Å². The molecule has 0 aliphatic heterocycles. The first-order valence-corrected chi connectivity index (χ1v) is 6.94. The van der Waals surface area contributed by atoms with Crippen LogP contribution in [0, 0.1) is 5.92 Å². The van der Waals surface area contributed by atoms with E-state index in [4.69, 9.17) is 9.47 Å². The number of Topliss-reactive ketones (excluding diaryl/α,β-unsaturated/α-hetero) is 1. The van der Waals surface area contributed by atoms with Crippen molar-refractivity contribution in [3.8, 4) is 0 Å². The molecular weight excluding hydrogens is 232 g/mol. The summed E-state index contributed by atoms with van der Waals surface area (Å²) < 4.78 is 10.9. The van der Waals surface area contributed by atoms with Gasteiger partial charge in [0.1, 0.15) is 11.9 Å². The predicted molar refractivity (Wildman–Crippen MR) is 66.1 cm³/mol. The summed E-state index contributed by atoms with van der Waals surface area (Å²) in [4.78, 5) is 23.1. The van der Waals surface area contributed by atoms with Crippen molar-refractivity contribution in [1.82, 2.24) is 0 Å². The molecule has 2 rings (SSSR count). The molecule has 4 nitrogen and oxygen atoms in total. The summed E-state index contributed by atoms with van der Waals surface area (Å²) in [5.74, 6) is 0.103. The van der Waals surface area contributed by atoms with Gasteiger partial charge in [0.25, 0.3) is 0 Å². The summed E-state index contributed by atoms with van der Waals surface area (Å²) in [6, 6.07) is 0. The maximum absolute atomic E-state index is 12.0. The fourth-order valence-corrected chi connectivity index (χ4v) is 2.86. The Morgan fingerprint density at radius 2 is 1.78 bits per heavy atom. The number of methoxy groups -OCH3 is 1. The molecule has 0 bridgehead atoms. The van der Waals surface area contributed by atoms with Crippen LogP contribution in [0.5, 0.6) is 0 Å². The first kappa shape index (κ1) is 13.5. The average molecular weight is 254 g/mol. The second-order valence-corrected chi connectivity index (χ2v) is 5.40. The number of ether oxygens (including phenoxy) is 2. The van der Waals surface area contributed by atoms with E-state index in [-0.39, 0.29) is 29.9 Å². The minimum absolute atomic E-state index is 0.00817. The van der Waals surface area contributed by atoms with Gasteiger partial charge in [-0.3, -0.25) is 9.59 Å². The molecule has 0 N–H and O–H groups in total. The lowest BCUT2D eigenvalue weighted by atomic mass is 9.88. The van der Waals surface area contributed by atoms with Gasteiger partial charge in [-0.1, -0.05) is 0 Å². The van der Waals surface area contributed by atoms with Crippen molar-refractivity contribution in [2.75, 3.05) is 7.11 Å². The van der Waals surface area contributed by atoms with E-state index in [2.05, 4.69) is 0 Å². The van der Waals surface area contributed by atoms with Gasteiger partial charge in [0.15, 0.2) is 0 Å². The first-order chi connectivity index (χ1) is 8.69. The molecule has 0 saturated heterocycles. The smallest absolute Gasteiger partial charge is 0.309 e. The van der Waals surface area contributed by atoms with Gasteiger partial charge >= 0.3 is 5.97 Å². The number of hydrogen-bond donors (Lipinski definition) is 0. The van der Waals surface area contributed by atoms with Gasteiger partial charge in [-0.25, -0.2) is 0 Å². The summed E-state index contributed by atoms with van der Waals surface area (Å²) in [5.41, 5.74) is 0. The lowest BCUT2D eigenvalue weighted by Gasteiger charge is -2.29. The summed E-state index contributed by atoms with van der Waals surface area (Å²) in [7, 11) is 1.71. The molecular formula is C14H22O4.